The van der Waals surface area contributed by atoms with Crippen LogP contribution in [0.1, 0.15) is 113 Å². The summed E-state index contributed by atoms with van der Waals surface area (Å²) in [5.41, 5.74) is -1.85. The molecule has 0 radical (unpaired) electrons. The molecule has 5 aliphatic carbocycles. The zero-order valence-electron chi connectivity index (χ0n) is 34.4. The molecule has 4 unspecified atom stereocenters. The Labute approximate surface area is 337 Å². The molecule has 6 fully saturated rings. The zero-order valence-corrected chi connectivity index (χ0v) is 34.4. The number of rotatable bonds is 7. The Bertz CT molecular complexity index is 1750. The predicted molar refractivity (Wildman–Crippen MR) is 199 cm³/mol. The highest BCUT2D eigenvalue weighted by Crippen LogP contribution is 2.75. The first kappa shape index (κ1) is 43.5. The summed E-state index contributed by atoms with van der Waals surface area (Å²) < 4.78 is 23.1. The zero-order chi connectivity index (χ0) is 42.9. The van der Waals surface area contributed by atoms with Crippen molar-refractivity contribution in [2.75, 3.05) is 0 Å². The molecule has 58 heavy (non-hydrogen) atoms. The molecule has 18 atom stereocenters. The molecule has 0 aromatic heterocycles. The molecule has 2 saturated heterocycles. The Balaban J connectivity index is 1.18. The number of hydrogen-bond acceptors (Lipinski definition) is 13. The Kier molecular flexibility index (Phi) is 10.5. The van der Waals surface area contributed by atoms with Gasteiger partial charge in [0.2, 0.25) is 0 Å². The van der Waals surface area contributed by atoms with Crippen LogP contribution in [0.4, 0.5) is 0 Å². The molecule has 16 heteroatoms. The molecule has 0 aromatic rings. The SMILES string of the molecule is CC1(C)[C@@H](O[C@H]2OC(C(=O)O)[C@@H](O)C(O)[C@@H]2OC2(O)C[C@H](O)[C@H](O)C(C(=O)O)O2)CC[C@]2(C)[C@H]3C(=O)C=C4[C@@H]5C[C@@](C)(C(=O)O)CC[C@]5(C)CC[C@@]4(C)[C@]3(C)CC[C@@H]12. The molecule has 0 bridgehead atoms. The van der Waals surface area contributed by atoms with E-state index in [1.165, 1.54) is 0 Å². The first-order chi connectivity index (χ1) is 26.7. The minimum absolute atomic E-state index is 0.0245. The maximum absolute atomic E-state index is 14.8. The lowest BCUT2D eigenvalue weighted by Crippen LogP contribution is -2.68. The molecular weight excluding hydrogens is 760 g/mol. The first-order valence-corrected chi connectivity index (χ1v) is 20.7. The number of fused-ring (bicyclic) bond motifs is 7. The minimum atomic E-state index is -2.94. The van der Waals surface area contributed by atoms with Crippen LogP contribution < -0.4 is 0 Å². The van der Waals surface area contributed by atoms with Crippen molar-refractivity contribution in [3.8, 4) is 0 Å². The van der Waals surface area contributed by atoms with Crippen molar-refractivity contribution in [2.45, 2.75) is 174 Å². The summed E-state index contributed by atoms with van der Waals surface area (Å²) >= 11 is 0. The molecule has 16 nitrogen and oxygen atoms in total. The number of ether oxygens (including phenoxy) is 4. The highest BCUT2D eigenvalue weighted by Gasteiger charge is 2.71. The molecule has 0 spiro atoms. The fourth-order valence-corrected chi connectivity index (χ4v) is 13.4. The van der Waals surface area contributed by atoms with Gasteiger partial charge in [-0.3, -0.25) is 9.59 Å². The van der Waals surface area contributed by atoms with Crippen LogP contribution in [-0.4, -0.2) is 126 Å². The average Bonchev–Trinajstić information content (AvgIpc) is 3.11. The van der Waals surface area contributed by atoms with E-state index in [0.29, 0.717) is 32.1 Å². The van der Waals surface area contributed by atoms with E-state index in [4.69, 9.17) is 18.9 Å². The van der Waals surface area contributed by atoms with Gasteiger partial charge in [-0.05, 0) is 110 Å². The molecular formula is C42H62O16. The second-order valence-electron chi connectivity index (χ2n) is 20.7. The van der Waals surface area contributed by atoms with Gasteiger partial charge in [-0.2, -0.15) is 0 Å². The third-order valence-electron chi connectivity index (χ3n) is 17.2. The highest BCUT2D eigenvalue weighted by atomic mass is 16.8. The number of ketones is 1. The van der Waals surface area contributed by atoms with Crippen LogP contribution in [0.2, 0.25) is 0 Å². The summed E-state index contributed by atoms with van der Waals surface area (Å²) in [6.45, 7) is 14.8. The summed E-state index contributed by atoms with van der Waals surface area (Å²) in [7, 11) is 0. The summed E-state index contributed by atoms with van der Waals surface area (Å²) in [4.78, 5) is 51.3. The normalized spacial score (nSPS) is 52.6. The fraction of sp³-hybridized carbons (Fsp3) is 0.857. The van der Waals surface area contributed by atoms with Crippen molar-refractivity contribution in [2.24, 2.45) is 50.2 Å². The minimum Gasteiger partial charge on any atom is -0.481 e. The van der Waals surface area contributed by atoms with Crippen LogP contribution in [0.3, 0.4) is 0 Å². The van der Waals surface area contributed by atoms with E-state index < -0.39 is 107 Å². The van der Waals surface area contributed by atoms with E-state index in [1.54, 1.807) is 0 Å². The van der Waals surface area contributed by atoms with Crippen LogP contribution in [0, 0.1) is 50.2 Å². The number of allylic oxidation sites excluding steroid dienone is 2. The largest absolute Gasteiger partial charge is 0.481 e. The lowest BCUT2D eigenvalue weighted by molar-refractivity contribution is -0.449. The average molecular weight is 823 g/mol. The molecule has 0 amide bonds. The van der Waals surface area contributed by atoms with Crippen LogP contribution in [0.15, 0.2) is 11.6 Å². The first-order valence-electron chi connectivity index (χ1n) is 20.7. The summed E-state index contributed by atoms with van der Waals surface area (Å²) in [6.07, 6.45) is -9.31. The molecule has 0 aromatic carbocycles. The van der Waals surface area contributed by atoms with Crippen LogP contribution in [-0.2, 0) is 38.1 Å². The number of hydrogen-bond donors (Lipinski definition) is 8. The Hall–Kier alpha value is -2.54. The highest BCUT2D eigenvalue weighted by molar-refractivity contribution is 5.95. The van der Waals surface area contributed by atoms with E-state index in [1.807, 2.05) is 26.8 Å². The molecule has 8 N–H and O–H groups in total. The predicted octanol–water partition coefficient (Wildman–Crippen LogP) is 2.59. The summed E-state index contributed by atoms with van der Waals surface area (Å²) in [5, 5.41) is 83.5. The topological polar surface area (TPSA) is 267 Å². The third-order valence-corrected chi connectivity index (χ3v) is 17.2. The van der Waals surface area contributed by atoms with Gasteiger partial charge in [0, 0.05) is 5.92 Å². The van der Waals surface area contributed by atoms with Gasteiger partial charge < -0.3 is 59.8 Å². The quantitative estimate of drug-likeness (QED) is 0.135. The number of aliphatic hydroxyl groups is 5. The number of carboxylic acids is 3. The monoisotopic (exact) mass is 822 g/mol. The molecule has 2 heterocycles. The lowest BCUT2D eigenvalue weighted by atomic mass is 9.33. The number of carbonyl (C=O) groups excluding carboxylic acids is 1. The van der Waals surface area contributed by atoms with Crippen LogP contribution in [0.5, 0.6) is 0 Å². The van der Waals surface area contributed by atoms with Crippen molar-refractivity contribution in [3.05, 3.63) is 11.6 Å². The molecule has 7 aliphatic rings. The Morgan fingerprint density at radius 1 is 0.776 bits per heavy atom. The van der Waals surface area contributed by atoms with Gasteiger partial charge in [0.1, 0.15) is 24.4 Å². The van der Waals surface area contributed by atoms with Crippen molar-refractivity contribution in [1.82, 2.24) is 0 Å². The van der Waals surface area contributed by atoms with Crippen molar-refractivity contribution < 1.29 is 79.0 Å². The lowest BCUT2D eigenvalue weighted by Gasteiger charge is -2.70. The molecule has 7 rings (SSSR count). The molecule has 326 valence electrons. The number of aliphatic carboxylic acids is 3. The van der Waals surface area contributed by atoms with Crippen molar-refractivity contribution in [1.29, 1.82) is 0 Å². The van der Waals surface area contributed by atoms with Gasteiger partial charge in [0.25, 0.3) is 5.97 Å². The Morgan fingerprint density at radius 2 is 1.41 bits per heavy atom. The van der Waals surface area contributed by atoms with Crippen molar-refractivity contribution >= 4 is 23.7 Å². The fourth-order valence-electron chi connectivity index (χ4n) is 13.4. The van der Waals surface area contributed by atoms with E-state index in [9.17, 15) is 60.0 Å². The van der Waals surface area contributed by atoms with Crippen LogP contribution in [0.25, 0.3) is 0 Å². The van der Waals surface area contributed by atoms with Gasteiger partial charge in [-0.25, -0.2) is 9.59 Å². The second-order valence-corrected chi connectivity index (χ2v) is 20.7. The van der Waals surface area contributed by atoms with Gasteiger partial charge in [-0.1, -0.05) is 47.1 Å². The van der Waals surface area contributed by atoms with E-state index >= 15 is 0 Å². The van der Waals surface area contributed by atoms with Gasteiger partial charge in [0.05, 0.1) is 24.0 Å². The summed E-state index contributed by atoms with van der Waals surface area (Å²) in [6, 6.07) is 0. The van der Waals surface area contributed by atoms with Gasteiger partial charge in [-0.15, -0.1) is 0 Å². The molecule has 2 aliphatic heterocycles. The van der Waals surface area contributed by atoms with E-state index in [0.717, 1.165) is 31.3 Å². The maximum Gasteiger partial charge on any atom is 0.335 e. The third kappa shape index (κ3) is 6.33. The van der Waals surface area contributed by atoms with E-state index in [2.05, 4.69) is 27.7 Å². The van der Waals surface area contributed by atoms with Crippen LogP contribution >= 0.6 is 0 Å². The van der Waals surface area contributed by atoms with Crippen molar-refractivity contribution in [3.63, 3.8) is 0 Å². The summed E-state index contributed by atoms with van der Waals surface area (Å²) in [5.74, 6) is -7.50. The number of carboxylic acid groups (broad SMARTS) is 3. The maximum atomic E-state index is 14.8. The standard InChI is InChI=1S/C42H62O16/c1-36(2)23-8-11-41(7)31(21(43)16-19-20-17-38(4,35(52)53)13-12-37(20,3)14-15-40(19,41)6)39(23,5)10-9-24(36)55-34-30(27(47)26(46)28(56-34)32(48)49)58-42(54)18-22(44)25(45)29(57-42)33(50)51/h16,20,22-31,34,44-47,54H,8-15,17-18H2,1-7H3,(H,48,49)(H,50,51)(H,52,53)/t20-,22-,23-,24-,25-,26-,27?,28?,29?,30-,31+,34-,37+,38-,39-,40+,41+,42?/m0/s1. The molecule has 4 saturated carbocycles. The van der Waals surface area contributed by atoms with Gasteiger partial charge >= 0.3 is 17.9 Å². The smallest absolute Gasteiger partial charge is 0.335 e. The van der Waals surface area contributed by atoms with E-state index in [-0.39, 0.29) is 34.4 Å². The number of carbonyl (C=O) groups is 4. The van der Waals surface area contributed by atoms with Gasteiger partial charge in [0.15, 0.2) is 24.3 Å². The second kappa shape index (κ2) is 14.0. The number of aliphatic hydroxyl groups excluding tert-OH is 4. The Morgan fingerprint density at radius 3 is 2.03 bits per heavy atom.